The first-order chi connectivity index (χ1) is 7.70. The molecule has 0 saturated carbocycles. The number of nitrogens with zero attached hydrogens (tertiary/aromatic N) is 1. The van der Waals surface area contributed by atoms with Crippen molar-refractivity contribution in [3.05, 3.63) is 29.8 Å². The monoisotopic (exact) mass is 220 g/mol. The Morgan fingerprint density at radius 1 is 1.25 bits per heavy atom. The number of unbranched alkanes of at least 4 members (excludes halogenated alkanes) is 1. The molecule has 0 fully saturated rings. The second-order valence-electron chi connectivity index (χ2n) is 4.28. The van der Waals surface area contributed by atoms with Gasteiger partial charge in [-0.15, -0.1) is 0 Å². The van der Waals surface area contributed by atoms with E-state index in [4.69, 9.17) is 5.73 Å². The van der Waals surface area contributed by atoms with Gasteiger partial charge in [0.05, 0.1) is 0 Å². The van der Waals surface area contributed by atoms with E-state index in [2.05, 4.69) is 43.0 Å². The molecule has 0 bridgehead atoms. The topological polar surface area (TPSA) is 29.3 Å². The van der Waals surface area contributed by atoms with E-state index < -0.39 is 0 Å². The number of para-hydroxylation sites is 1. The predicted molar refractivity (Wildman–Crippen MR) is 71.8 cm³/mol. The molecule has 0 spiro atoms. The van der Waals surface area contributed by atoms with Crippen LogP contribution in [0.4, 0.5) is 5.69 Å². The Morgan fingerprint density at radius 3 is 2.50 bits per heavy atom. The largest absolute Gasteiger partial charge is 0.372 e. The Hall–Kier alpha value is -1.02. The van der Waals surface area contributed by atoms with Gasteiger partial charge < -0.3 is 10.6 Å². The molecule has 1 atom stereocenters. The molecule has 16 heavy (non-hydrogen) atoms. The normalized spacial score (nSPS) is 12.5. The lowest BCUT2D eigenvalue weighted by Gasteiger charge is -2.26. The Morgan fingerprint density at radius 2 is 1.94 bits per heavy atom. The highest BCUT2D eigenvalue weighted by molar-refractivity contribution is 5.54. The standard InChI is InChI=1S/C14H24N2/c1-4-6-11-16(5-2)14-10-8-7-9-13(14)12(3)15/h7-10,12H,4-6,11,15H2,1-3H3/t12-/m0/s1. The summed E-state index contributed by atoms with van der Waals surface area (Å²) in [5.74, 6) is 0. The zero-order valence-electron chi connectivity index (χ0n) is 10.7. The maximum absolute atomic E-state index is 6.01. The minimum absolute atomic E-state index is 0.104. The Bertz CT molecular complexity index is 307. The molecular weight excluding hydrogens is 196 g/mol. The minimum atomic E-state index is 0.104. The summed E-state index contributed by atoms with van der Waals surface area (Å²) in [4.78, 5) is 2.42. The van der Waals surface area contributed by atoms with Crippen LogP contribution < -0.4 is 10.6 Å². The summed E-state index contributed by atoms with van der Waals surface area (Å²) in [6.45, 7) is 8.64. The summed E-state index contributed by atoms with van der Waals surface area (Å²) in [5, 5.41) is 0. The molecule has 1 aromatic rings. The molecular formula is C14H24N2. The van der Waals surface area contributed by atoms with Crippen LogP contribution >= 0.6 is 0 Å². The molecule has 0 aliphatic heterocycles. The van der Waals surface area contributed by atoms with Crippen LogP contribution in [0.15, 0.2) is 24.3 Å². The second kappa shape index (κ2) is 6.54. The van der Waals surface area contributed by atoms with Gasteiger partial charge in [-0.25, -0.2) is 0 Å². The summed E-state index contributed by atoms with van der Waals surface area (Å²) in [6, 6.07) is 8.57. The number of hydrogen-bond donors (Lipinski definition) is 1. The van der Waals surface area contributed by atoms with Crippen LogP contribution in [0.2, 0.25) is 0 Å². The zero-order valence-corrected chi connectivity index (χ0v) is 10.7. The molecule has 0 aliphatic carbocycles. The van der Waals surface area contributed by atoms with Crippen LogP contribution in [-0.2, 0) is 0 Å². The third-order valence-corrected chi connectivity index (χ3v) is 2.93. The van der Waals surface area contributed by atoms with Gasteiger partial charge in [-0.1, -0.05) is 31.5 Å². The quantitative estimate of drug-likeness (QED) is 0.796. The van der Waals surface area contributed by atoms with Gasteiger partial charge in [0.2, 0.25) is 0 Å². The van der Waals surface area contributed by atoms with E-state index in [1.165, 1.54) is 24.1 Å². The molecule has 0 radical (unpaired) electrons. The lowest BCUT2D eigenvalue weighted by Crippen LogP contribution is -2.26. The van der Waals surface area contributed by atoms with E-state index in [1.54, 1.807) is 0 Å². The van der Waals surface area contributed by atoms with Crippen molar-refractivity contribution in [2.45, 2.75) is 39.7 Å². The van der Waals surface area contributed by atoms with Crippen molar-refractivity contribution in [3.8, 4) is 0 Å². The van der Waals surface area contributed by atoms with Gasteiger partial charge in [0, 0.05) is 24.8 Å². The van der Waals surface area contributed by atoms with Crippen molar-refractivity contribution in [1.29, 1.82) is 0 Å². The molecule has 2 nitrogen and oxygen atoms in total. The maximum atomic E-state index is 6.01. The average Bonchev–Trinajstić information content (AvgIpc) is 2.30. The molecule has 0 aromatic heterocycles. The zero-order chi connectivity index (χ0) is 12.0. The van der Waals surface area contributed by atoms with E-state index in [9.17, 15) is 0 Å². The predicted octanol–water partition coefficient (Wildman–Crippen LogP) is 3.33. The fourth-order valence-electron chi connectivity index (χ4n) is 1.96. The van der Waals surface area contributed by atoms with Gasteiger partial charge in [-0.05, 0) is 31.9 Å². The van der Waals surface area contributed by atoms with Crippen LogP contribution in [0.3, 0.4) is 0 Å². The average molecular weight is 220 g/mol. The first kappa shape index (κ1) is 13.0. The van der Waals surface area contributed by atoms with Crippen LogP contribution in [-0.4, -0.2) is 13.1 Å². The van der Waals surface area contributed by atoms with Crippen molar-refractivity contribution >= 4 is 5.69 Å². The number of benzene rings is 1. The van der Waals surface area contributed by atoms with Gasteiger partial charge in [0.1, 0.15) is 0 Å². The van der Waals surface area contributed by atoms with Gasteiger partial charge >= 0.3 is 0 Å². The van der Waals surface area contributed by atoms with Crippen molar-refractivity contribution in [3.63, 3.8) is 0 Å². The van der Waals surface area contributed by atoms with Gasteiger partial charge in [-0.2, -0.15) is 0 Å². The van der Waals surface area contributed by atoms with Crippen molar-refractivity contribution in [2.75, 3.05) is 18.0 Å². The van der Waals surface area contributed by atoms with E-state index in [-0.39, 0.29) is 6.04 Å². The molecule has 0 unspecified atom stereocenters. The summed E-state index contributed by atoms with van der Waals surface area (Å²) in [5.41, 5.74) is 8.56. The van der Waals surface area contributed by atoms with Crippen LogP contribution in [0.5, 0.6) is 0 Å². The van der Waals surface area contributed by atoms with Crippen LogP contribution in [0.25, 0.3) is 0 Å². The van der Waals surface area contributed by atoms with Gasteiger partial charge in [0.25, 0.3) is 0 Å². The molecule has 0 amide bonds. The molecule has 0 saturated heterocycles. The smallest absolute Gasteiger partial charge is 0.0414 e. The Labute approximate surface area is 99.5 Å². The first-order valence-electron chi connectivity index (χ1n) is 6.30. The SMILES string of the molecule is CCCCN(CC)c1ccccc1[C@H](C)N. The summed E-state index contributed by atoms with van der Waals surface area (Å²) >= 11 is 0. The van der Waals surface area contributed by atoms with E-state index >= 15 is 0 Å². The van der Waals surface area contributed by atoms with Crippen molar-refractivity contribution in [2.24, 2.45) is 5.73 Å². The third kappa shape index (κ3) is 3.24. The Kier molecular flexibility index (Phi) is 5.33. The maximum Gasteiger partial charge on any atom is 0.0414 e. The van der Waals surface area contributed by atoms with E-state index in [0.29, 0.717) is 0 Å². The molecule has 1 rings (SSSR count). The third-order valence-electron chi connectivity index (χ3n) is 2.93. The molecule has 2 N–H and O–H groups in total. The van der Waals surface area contributed by atoms with Gasteiger partial charge in [0.15, 0.2) is 0 Å². The first-order valence-corrected chi connectivity index (χ1v) is 6.30. The van der Waals surface area contributed by atoms with E-state index in [1.807, 2.05) is 6.92 Å². The summed E-state index contributed by atoms with van der Waals surface area (Å²) < 4.78 is 0. The molecule has 1 aromatic carbocycles. The van der Waals surface area contributed by atoms with Crippen LogP contribution in [0.1, 0.15) is 45.2 Å². The lowest BCUT2D eigenvalue weighted by molar-refractivity contribution is 0.720. The number of anilines is 1. The summed E-state index contributed by atoms with van der Waals surface area (Å²) in [7, 11) is 0. The molecule has 2 heteroatoms. The fraction of sp³-hybridized carbons (Fsp3) is 0.571. The minimum Gasteiger partial charge on any atom is -0.372 e. The molecule has 0 heterocycles. The highest BCUT2D eigenvalue weighted by Crippen LogP contribution is 2.25. The number of hydrogen-bond acceptors (Lipinski definition) is 2. The highest BCUT2D eigenvalue weighted by atomic mass is 15.1. The lowest BCUT2D eigenvalue weighted by atomic mass is 10.1. The highest BCUT2D eigenvalue weighted by Gasteiger charge is 2.11. The van der Waals surface area contributed by atoms with Crippen molar-refractivity contribution < 1.29 is 0 Å². The van der Waals surface area contributed by atoms with Crippen molar-refractivity contribution in [1.82, 2.24) is 0 Å². The van der Waals surface area contributed by atoms with Gasteiger partial charge in [-0.3, -0.25) is 0 Å². The van der Waals surface area contributed by atoms with E-state index in [0.717, 1.165) is 13.1 Å². The Balaban J connectivity index is 2.90. The second-order valence-corrected chi connectivity index (χ2v) is 4.28. The number of rotatable bonds is 6. The van der Waals surface area contributed by atoms with Crippen LogP contribution in [0, 0.1) is 0 Å². The number of nitrogens with two attached hydrogens (primary N) is 1. The molecule has 90 valence electrons. The fourth-order valence-corrected chi connectivity index (χ4v) is 1.96. The summed E-state index contributed by atoms with van der Waals surface area (Å²) in [6.07, 6.45) is 2.47. The molecule has 0 aliphatic rings.